The minimum Gasteiger partial charge on any atom is -0.316 e. The Morgan fingerprint density at radius 3 is 1.12 bits per heavy atom. The van der Waals surface area contributed by atoms with Crippen LogP contribution in [0.25, 0.3) is 0 Å². The van der Waals surface area contributed by atoms with Crippen LogP contribution in [0.4, 0.5) is 0 Å². The van der Waals surface area contributed by atoms with Gasteiger partial charge in [-0.2, -0.15) is 0 Å². The van der Waals surface area contributed by atoms with E-state index in [-0.39, 0.29) is 0 Å². The van der Waals surface area contributed by atoms with Gasteiger partial charge >= 0.3 is 0 Å². The van der Waals surface area contributed by atoms with Crippen molar-refractivity contribution in [3.63, 3.8) is 0 Å². The van der Waals surface area contributed by atoms with E-state index in [4.69, 9.17) is 0 Å². The van der Waals surface area contributed by atoms with E-state index in [1.165, 1.54) is 155 Å². The van der Waals surface area contributed by atoms with Crippen LogP contribution in [0.1, 0.15) is 103 Å². The summed E-state index contributed by atoms with van der Waals surface area (Å²) < 4.78 is 0. The number of rotatable bonds is 16. The lowest BCUT2D eigenvalue weighted by Gasteiger charge is -2.29. The molecule has 3 fully saturated rings. The Labute approximate surface area is 200 Å². The molecule has 3 aliphatic carbocycles. The van der Waals surface area contributed by atoms with Gasteiger partial charge in [0.1, 0.15) is 0 Å². The zero-order chi connectivity index (χ0) is 22.1. The third-order valence-electron chi connectivity index (χ3n) is 8.49. The molecule has 32 heavy (non-hydrogen) atoms. The first-order chi connectivity index (χ1) is 15.9. The van der Waals surface area contributed by atoms with Gasteiger partial charge in [-0.1, -0.05) is 44.9 Å². The van der Waals surface area contributed by atoms with Crippen LogP contribution < -0.4 is 21.3 Å². The average molecular weight is 449 g/mol. The molecule has 3 rings (SSSR count). The molecule has 0 aromatic carbocycles. The van der Waals surface area contributed by atoms with Crippen LogP contribution in [0.15, 0.2) is 0 Å². The van der Waals surface area contributed by atoms with Crippen LogP contribution in [-0.2, 0) is 0 Å². The van der Waals surface area contributed by atoms with Crippen molar-refractivity contribution in [3.8, 4) is 0 Å². The molecular formula is C28H56N4. The molecule has 0 spiro atoms. The van der Waals surface area contributed by atoms with Gasteiger partial charge in [0, 0.05) is 0 Å². The van der Waals surface area contributed by atoms with Crippen LogP contribution in [0, 0.1) is 23.7 Å². The van der Waals surface area contributed by atoms with Gasteiger partial charge in [-0.05, 0) is 134 Å². The largest absolute Gasteiger partial charge is 0.316 e. The predicted octanol–water partition coefficient (Wildman–Crippen LogP) is 5.09. The van der Waals surface area contributed by atoms with E-state index < -0.39 is 0 Å². The minimum absolute atomic E-state index is 0.905. The normalized spacial score (nSPS) is 25.9. The van der Waals surface area contributed by atoms with Gasteiger partial charge in [-0.25, -0.2) is 0 Å². The highest BCUT2D eigenvalue weighted by Gasteiger charge is 2.21. The van der Waals surface area contributed by atoms with Crippen LogP contribution >= 0.6 is 0 Å². The van der Waals surface area contributed by atoms with Crippen molar-refractivity contribution in [2.75, 3.05) is 52.4 Å². The molecule has 2 atom stereocenters. The molecule has 0 saturated heterocycles. The average Bonchev–Trinajstić information content (AvgIpc) is 2.84. The molecule has 0 aliphatic heterocycles. The van der Waals surface area contributed by atoms with E-state index in [0.717, 1.165) is 23.7 Å². The minimum atomic E-state index is 0.905. The molecule has 188 valence electrons. The summed E-state index contributed by atoms with van der Waals surface area (Å²) in [6, 6.07) is 0. The lowest BCUT2D eigenvalue weighted by atomic mass is 9.81. The summed E-state index contributed by atoms with van der Waals surface area (Å²) in [5.74, 6) is 3.73. The van der Waals surface area contributed by atoms with E-state index in [1.54, 1.807) is 0 Å². The van der Waals surface area contributed by atoms with Crippen LogP contribution in [0.5, 0.6) is 0 Å². The Kier molecular flexibility index (Phi) is 14.3. The first kappa shape index (κ1) is 26.4. The summed E-state index contributed by atoms with van der Waals surface area (Å²) in [6.45, 7) is 9.75. The lowest BCUT2D eigenvalue weighted by Crippen LogP contribution is -2.34. The Morgan fingerprint density at radius 1 is 0.375 bits per heavy atom. The molecule has 0 bridgehead atoms. The van der Waals surface area contributed by atoms with E-state index in [1.807, 2.05) is 0 Å². The summed E-state index contributed by atoms with van der Waals surface area (Å²) >= 11 is 0. The molecule has 4 N–H and O–H groups in total. The fourth-order valence-electron chi connectivity index (χ4n) is 6.46. The molecule has 0 amide bonds. The van der Waals surface area contributed by atoms with Crippen molar-refractivity contribution in [2.45, 2.75) is 103 Å². The fourth-order valence-corrected chi connectivity index (χ4v) is 6.46. The second kappa shape index (κ2) is 17.3. The smallest absolute Gasteiger partial charge is 0.00204 e. The Hall–Kier alpha value is -0.160. The monoisotopic (exact) mass is 448 g/mol. The highest BCUT2D eigenvalue weighted by atomic mass is 14.9. The summed E-state index contributed by atoms with van der Waals surface area (Å²) in [6.07, 6.45) is 22.9. The molecule has 0 aromatic rings. The maximum absolute atomic E-state index is 3.76. The summed E-state index contributed by atoms with van der Waals surface area (Å²) in [4.78, 5) is 0. The lowest BCUT2D eigenvalue weighted by molar-refractivity contribution is 0.252. The predicted molar refractivity (Wildman–Crippen MR) is 139 cm³/mol. The van der Waals surface area contributed by atoms with E-state index in [0.29, 0.717) is 0 Å². The quantitative estimate of drug-likeness (QED) is 0.248. The Balaban J connectivity index is 1.09. The summed E-state index contributed by atoms with van der Waals surface area (Å²) in [5.41, 5.74) is 0. The first-order valence-electron chi connectivity index (χ1n) is 14.7. The van der Waals surface area contributed by atoms with Gasteiger partial charge in [0.2, 0.25) is 0 Å². The van der Waals surface area contributed by atoms with E-state index >= 15 is 0 Å². The highest BCUT2D eigenvalue weighted by Crippen LogP contribution is 2.28. The number of hydrogen-bond acceptors (Lipinski definition) is 4. The zero-order valence-electron chi connectivity index (χ0n) is 21.3. The van der Waals surface area contributed by atoms with Crippen molar-refractivity contribution >= 4 is 0 Å². The molecule has 0 radical (unpaired) electrons. The number of nitrogens with one attached hydrogen (secondary N) is 4. The molecule has 2 unspecified atom stereocenters. The fraction of sp³-hybridized carbons (Fsp3) is 1.00. The van der Waals surface area contributed by atoms with Gasteiger partial charge < -0.3 is 21.3 Å². The standard InChI is InChI=1S/C28H56N4/c1-3-10-25(11-4-1)21-29-16-8-18-31-23-27-14-7-15-28(20-27)24-32-19-9-17-30-22-26-12-5-2-6-13-26/h25-32H,1-24H2. The topological polar surface area (TPSA) is 48.1 Å². The summed E-state index contributed by atoms with van der Waals surface area (Å²) in [5, 5.41) is 14.9. The van der Waals surface area contributed by atoms with Crippen molar-refractivity contribution in [1.29, 1.82) is 0 Å². The van der Waals surface area contributed by atoms with Gasteiger partial charge in [0.15, 0.2) is 0 Å². The SMILES string of the molecule is C1CCC(CNCCCNCC2CCCC(CNCCCNCC3CCCCC3)C2)CC1. The second-order valence-corrected chi connectivity index (χ2v) is 11.4. The van der Waals surface area contributed by atoms with Crippen molar-refractivity contribution < 1.29 is 0 Å². The Bertz CT molecular complexity index is 393. The zero-order valence-corrected chi connectivity index (χ0v) is 21.3. The van der Waals surface area contributed by atoms with Gasteiger partial charge in [0.05, 0.1) is 0 Å². The van der Waals surface area contributed by atoms with Gasteiger partial charge in [0.25, 0.3) is 0 Å². The first-order valence-corrected chi connectivity index (χ1v) is 14.7. The van der Waals surface area contributed by atoms with Gasteiger partial charge in [-0.3, -0.25) is 0 Å². The molecular weight excluding hydrogens is 392 g/mol. The Morgan fingerprint density at radius 2 is 0.719 bits per heavy atom. The van der Waals surface area contributed by atoms with E-state index in [9.17, 15) is 0 Å². The van der Waals surface area contributed by atoms with Crippen LogP contribution in [-0.4, -0.2) is 52.4 Å². The molecule has 3 aliphatic rings. The third kappa shape index (κ3) is 11.8. The van der Waals surface area contributed by atoms with Gasteiger partial charge in [-0.15, -0.1) is 0 Å². The maximum atomic E-state index is 3.76. The molecule has 4 nitrogen and oxygen atoms in total. The van der Waals surface area contributed by atoms with E-state index in [2.05, 4.69) is 21.3 Å². The molecule has 0 aromatic heterocycles. The van der Waals surface area contributed by atoms with Crippen molar-refractivity contribution in [2.24, 2.45) is 23.7 Å². The third-order valence-corrected chi connectivity index (χ3v) is 8.49. The van der Waals surface area contributed by atoms with Crippen LogP contribution in [0.2, 0.25) is 0 Å². The van der Waals surface area contributed by atoms with Crippen molar-refractivity contribution in [3.05, 3.63) is 0 Å². The molecule has 0 heterocycles. The molecule has 4 heteroatoms. The summed E-state index contributed by atoms with van der Waals surface area (Å²) in [7, 11) is 0. The second-order valence-electron chi connectivity index (χ2n) is 11.4. The van der Waals surface area contributed by atoms with Crippen LogP contribution in [0.3, 0.4) is 0 Å². The number of hydrogen-bond donors (Lipinski definition) is 4. The highest BCUT2D eigenvalue weighted by molar-refractivity contribution is 4.76. The molecule has 3 saturated carbocycles. The maximum Gasteiger partial charge on any atom is -0.00204 e. The van der Waals surface area contributed by atoms with Crippen molar-refractivity contribution in [1.82, 2.24) is 21.3 Å².